The average molecular weight is 309 g/mol. The molecular weight excluding hydrogens is 292 g/mol. The third-order valence-corrected chi connectivity index (χ3v) is 3.87. The molecule has 1 aromatic rings. The summed E-state index contributed by atoms with van der Waals surface area (Å²) in [7, 11) is 3.01. The molecule has 0 aromatic heterocycles. The molecule has 0 bridgehead atoms. The van der Waals surface area contributed by atoms with E-state index in [9.17, 15) is 9.90 Å². The number of benzene rings is 1. The fourth-order valence-electron chi connectivity index (χ4n) is 2.18. The van der Waals surface area contributed by atoms with E-state index in [2.05, 4.69) is 0 Å². The number of carbonyl (C=O) groups excluding carboxylic acids is 1. The molecule has 2 unspecified atom stereocenters. The lowest BCUT2D eigenvalue weighted by Gasteiger charge is -2.25. The summed E-state index contributed by atoms with van der Waals surface area (Å²) in [6.07, 6.45) is 5.95. The summed E-state index contributed by atoms with van der Waals surface area (Å²) >= 11 is 6.30. The molecule has 0 spiro atoms. The smallest absolute Gasteiger partial charge is 0.190 e. The van der Waals surface area contributed by atoms with E-state index in [0.29, 0.717) is 23.5 Å². The van der Waals surface area contributed by atoms with Crippen LogP contribution in [0.5, 0.6) is 11.5 Å². The Kier molecular flexibility index (Phi) is 4.70. The Hall–Kier alpha value is -1.78. The molecule has 0 aliphatic heterocycles. The molecule has 2 rings (SSSR count). The van der Waals surface area contributed by atoms with Gasteiger partial charge < -0.3 is 14.6 Å². The zero-order valence-corrected chi connectivity index (χ0v) is 12.6. The van der Waals surface area contributed by atoms with Crippen LogP contribution in [0.3, 0.4) is 0 Å². The molecule has 0 heterocycles. The number of ketones is 1. The molecule has 2 atom stereocenters. The standard InChI is InChI=1S/C16H17ClO4/c1-20-12-7-6-11(10-13(12)21-2)14(18)15(19)16(17)8-4-3-5-9-16/h3-8,10,14,18H,9H2,1-2H3. The first-order valence-electron chi connectivity index (χ1n) is 6.49. The number of halogens is 1. The number of methoxy groups -OCH3 is 2. The summed E-state index contributed by atoms with van der Waals surface area (Å²) in [5, 5.41) is 10.3. The number of hydrogen-bond acceptors (Lipinski definition) is 4. The molecule has 0 saturated heterocycles. The largest absolute Gasteiger partial charge is 0.493 e. The first-order chi connectivity index (χ1) is 10.0. The summed E-state index contributed by atoms with van der Waals surface area (Å²) in [6, 6.07) is 4.83. The maximum Gasteiger partial charge on any atom is 0.190 e. The number of Topliss-reactive ketones (excluding diaryl/α,β-unsaturated/α-hetero) is 1. The van der Waals surface area contributed by atoms with Crippen molar-refractivity contribution < 1.29 is 19.4 Å². The first-order valence-corrected chi connectivity index (χ1v) is 6.87. The predicted molar refractivity (Wildman–Crippen MR) is 81.0 cm³/mol. The zero-order valence-electron chi connectivity index (χ0n) is 11.9. The van der Waals surface area contributed by atoms with Crippen molar-refractivity contribution in [1.82, 2.24) is 0 Å². The minimum atomic E-state index is -1.32. The number of aliphatic hydroxyl groups is 1. The van der Waals surface area contributed by atoms with E-state index >= 15 is 0 Å². The molecule has 21 heavy (non-hydrogen) atoms. The molecule has 0 amide bonds. The summed E-state index contributed by atoms with van der Waals surface area (Å²) in [5.74, 6) is 0.517. The number of allylic oxidation sites excluding steroid dienone is 4. The van der Waals surface area contributed by atoms with Gasteiger partial charge in [0.2, 0.25) is 0 Å². The Morgan fingerprint density at radius 2 is 2.00 bits per heavy atom. The molecule has 4 nitrogen and oxygen atoms in total. The highest BCUT2D eigenvalue weighted by atomic mass is 35.5. The Labute approximate surface area is 128 Å². The molecule has 1 N–H and O–H groups in total. The number of alkyl halides is 1. The van der Waals surface area contributed by atoms with Crippen LogP contribution in [0.2, 0.25) is 0 Å². The van der Waals surface area contributed by atoms with Crippen LogP contribution in [-0.4, -0.2) is 30.0 Å². The molecule has 0 radical (unpaired) electrons. The lowest BCUT2D eigenvalue weighted by Crippen LogP contribution is -2.35. The Morgan fingerprint density at radius 3 is 2.57 bits per heavy atom. The fourth-order valence-corrected chi connectivity index (χ4v) is 2.44. The quantitative estimate of drug-likeness (QED) is 0.850. The van der Waals surface area contributed by atoms with Crippen molar-refractivity contribution in [3.8, 4) is 11.5 Å². The van der Waals surface area contributed by atoms with Gasteiger partial charge in [-0.15, -0.1) is 11.6 Å². The van der Waals surface area contributed by atoms with Gasteiger partial charge in [0.1, 0.15) is 11.0 Å². The van der Waals surface area contributed by atoms with Gasteiger partial charge in [0.25, 0.3) is 0 Å². The van der Waals surface area contributed by atoms with Crippen LogP contribution in [0.4, 0.5) is 0 Å². The first kappa shape index (κ1) is 15.6. The second-order valence-electron chi connectivity index (χ2n) is 4.74. The van der Waals surface area contributed by atoms with Crippen LogP contribution < -0.4 is 9.47 Å². The van der Waals surface area contributed by atoms with Crippen molar-refractivity contribution in [3.05, 3.63) is 48.1 Å². The van der Waals surface area contributed by atoms with Gasteiger partial charge in [0.15, 0.2) is 17.3 Å². The van der Waals surface area contributed by atoms with Crippen LogP contribution in [-0.2, 0) is 4.79 Å². The monoisotopic (exact) mass is 308 g/mol. The van der Waals surface area contributed by atoms with Crippen molar-refractivity contribution in [1.29, 1.82) is 0 Å². The molecule has 1 aromatic carbocycles. The lowest BCUT2D eigenvalue weighted by molar-refractivity contribution is -0.128. The minimum absolute atomic E-state index is 0.355. The zero-order chi connectivity index (χ0) is 15.5. The van der Waals surface area contributed by atoms with E-state index in [1.165, 1.54) is 14.2 Å². The molecule has 112 valence electrons. The summed E-state index contributed by atoms with van der Waals surface area (Å²) in [6.45, 7) is 0. The van der Waals surface area contributed by atoms with E-state index in [1.807, 2.05) is 6.08 Å². The van der Waals surface area contributed by atoms with Crippen LogP contribution in [0.1, 0.15) is 18.1 Å². The summed E-state index contributed by atoms with van der Waals surface area (Å²) in [5.41, 5.74) is 0.417. The molecule has 0 fully saturated rings. The topological polar surface area (TPSA) is 55.8 Å². The van der Waals surface area contributed by atoms with E-state index in [4.69, 9.17) is 21.1 Å². The van der Waals surface area contributed by atoms with Gasteiger partial charge in [-0.1, -0.05) is 30.4 Å². The van der Waals surface area contributed by atoms with Crippen molar-refractivity contribution in [3.63, 3.8) is 0 Å². The predicted octanol–water partition coefficient (Wildman–Crippen LogP) is 2.80. The van der Waals surface area contributed by atoms with Crippen LogP contribution in [0, 0.1) is 0 Å². The fraction of sp³-hybridized carbons (Fsp3) is 0.312. The van der Waals surface area contributed by atoms with Gasteiger partial charge in [-0.3, -0.25) is 4.79 Å². The number of carbonyl (C=O) groups is 1. The third kappa shape index (κ3) is 3.12. The van der Waals surface area contributed by atoms with Crippen molar-refractivity contribution in [2.24, 2.45) is 0 Å². The Morgan fingerprint density at radius 1 is 1.29 bits per heavy atom. The van der Waals surface area contributed by atoms with Crippen LogP contribution in [0.25, 0.3) is 0 Å². The number of hydrogen-bond donors (Lipinski definition) is 1. The SMILES string of the molecule is COc1ccc(C(O)C(=O)C2(Cl)C=CC=CC2)cc1OC. The van der Waals surface area contributed by atoms with Crippen LogP contribution >= 0.6 is 11.6 Å². The van der Waals surface area contributed by atoms with Crippen molar-refractivity contribution in [2.45, 2.75) is 17.4 Å². The second kappa shape index (κ2) is 6.33. The van der Waals surface area contributed by atoms with Gasteiger partial charge in [-0.2, -0.15) is 0 Å². The lowest BCUT2D eigenvalue weighted by atomic mass is 9.89. The van der Waals surface area contributed by atoms with Gasteiger partial charge in [-0.25, -0.2) is 0 Å². The van der Waals surface area contributed by atoms with Gasteiger partial charge in [-0.05, 0) is 24.1 Å². The normalized spacial score (nSPS) is 21.9. The minimum Gasteiger partial charge on any atom is -0.493 e. The Bertz CT molecular complexity index is 594. The van der Waals surface area contributed by atoms with Gasteiger partial charge in [0.05, 0.1) is 14.2 Å². The number of rotatable bonds is 5. The second-order valence-corrected chi connectivity index (χ2v) is 5.41. The highest BCUT2D eigenvalue weighted by Crippen LogP contribution is 2.35. The van der Waals surface area contributed by atoms with E-state index in [1.54, 1.807) is 36.4 Å². The molecular formula is C16H17ClO4. The van der Waals surface area contributed by atoms with Gasteiger partial charge in [0, 0.05) is 0 Å². The number of ether oxygens (including phenoxy) is 2. The van der Waals surface area contributed by atoms with Crippen molar-refractivity contribution in [2.75, 3.05) is 14.2 Å². The third-order valence-electron chi connectivity index (χ3n) is 3.40. The molecule has 0 saturated carbocycles. The van der Waals surface area contributed by atoms with Crippen LogP contribution in [0.15, 0.2) is 42.5 Å². The van der Waals surface area contributed by atoms with E-state index in [-0.39, 0.29) is 0 Å². The van der Waals surface area contributed by atoms with Crippen molar-refractivity contribution >= 4 is 17.4 Å². The Balaban J connectivity index is 2.27. The number of aliphatic hydroxyl groups excluding tert-OH is 1. The van der Waals surface area contributed by atoms with Gasteiger partial charge >= 0.3 is 0 Å². The average Bonchev–Trinajstić information content (AvgIpc) is 2.53. The maximum atomic E-state index is 12.4. The highest BCUT2D eigenvalue weighted by Gasteiger charge is 2.38. The molecule has 1 aliphatic carbocycles. The molecule has 5 heteroatoms. The highest BCUT2D eigenvalue weighted by molar-refractivity contribution is 6.37. The maximum absolute atomic E-state index is 12.4. The van der Waals surface area contributed by atoms with E-state index < -0.39 is 16.8 Å². The summed E-state index contributed by atoms with van der Waals surface area (Å²) in [4.78, 5) is 11.2. The van der Waals surface area contributed by atoms with E-state index in [0.717, 1.165) is 0 Å². The molecule has 1 aliphatic rings. The summed E-state index contributed by atoms with van der Waals surface area (Å²) < 4.78 is 10.3.